The Morgan fingerprint density at radius 1 is 1.11 bits per heavy atom. The van der Waals surface area contributed by atoms with Gasteiger partial charge in [-0.15, -0.1) is 0 Å². The van der Waals surface area contributed by atoms with Crippen molar-refractivity contribution in [3.8, 4) is 5.88 Å². The summed E-state index contributed by atoms with van der Waals surface area (Å²) in [5.41, 5.74) is 1.34. The molecule has 0 saturated heterocycles. The van der Waals surface area contributed by atoms with E-state index in [1.54, 1.807) is 0 Å². The van der Waals surface area contributed by atoms with Gasteiger partial charge in [0.15, 0.2) is 0 Å². The molecule has 3 rings (SSSR count). The van der Waals surface area contributed by atoms with E-state index in [2.05, 4.69) is 11.1 Å². The third-order valence-electron chi connectivity index (χ3n) is 4.01. The Labute approximate surface area is 108 Å². The van der Waals surface area contributed by atoms with Gasteiger partial charge in [-0.3, -0.25) is 0 Å². The lowest BCUT2D eigenvalue weighted by molar-refractivity contribution is -0.112. The summed E-state index contributed by atoms with van der Waals surface area (Å²) in [4.78, 5) is 15.1. The standard InChI is InChI=1S/C15H19NO2/c17-10-11-1-6-14(7-2-11)18-15-8-5-13(9-16-15)12-3-4-12/h5,8-12,14H,1-4,6-7H2/t11-,14-. The molecule has 2 aliphatic rings. The third kappa shape index (κ3) is 2.71. The smallest absolute Gasteiger partial charge is 0.213 e. The van der Waals surface area contributed by atoms with Gasteiger partial charge >= 0.3 is 0 Å². The van der Waals surface area contributed by atoms with Crippen LogP contribution in [0, 0.1) is 5.92 Å². The monoisotopic (exact) mass is 245 g/mol. The molecule has 0 bridgehead atoms. The Balaban J connectivity index is 1.54. The van der Waals surface area contributed by atoms with E-state index in [0.29, 0.717) is 0 Å². The minimum absolute atomic E-state index is 0.237. The van der Waals surface area contributed by atoms with Crippen LogP contribution < -0.4 is 4.74 Å². The summed E-state index contributed by atoms with van der Waals surface area (Å²) in [6, 6.07) is 4.12. The lowest BCUT2D eigenvalue weighted by Gasteiger charge is -2.25. The average Bonchev–Trinajstić information content (AvgIpc) is 3.25. The first-order valence-electron chi connectivity index (χ1n) is 6.93. The third-order valence-corrected chi connectivity index (χ3v) is 4.01. The van der Waals surface area contributed by atoms with E-state index < -0.39 is 0 Å². The van der Waals surface area contributed by atoms with Gasteiger partial charge in [0.1, 0.15) is 12.4 Å². The fraction of sp³-hybridized carbons (Fsp3) is 0.600. The van der Waals surface area contributed by atoms with E-state index in [9.17, 15) is 4.79 Å². The molecule has 0 spiro atoms. The molecule has 2 saturated carbocycles. The quantitative estimate of drug-likeness (QED) is 0.765. The molecule has 0 aliphatic heterocycles. The summed E-state index contributed by atoms with van der Waals surface area (Å²) in [6.07, 6.45) is 9.71. The van der Waals surface area contributed by atoms with E-state index in [4.69, 9.17) is 4.74 Å². The first-order chi connectivity index (χ1) is 8.85. The summed E-state index contributed by atoms with van der Waals surface area (Å²) in [7, 11) is 0. The number of carbonyl (C=O) groups is 1. The highest BCUT2D eigenvalue weighted by Gasteiger charge is 2.24. The van der Waals surface area contributed by atoms with Crippen LogP contribution in [-0.4, -0.2) is 17.4 Å². The van der Waals surface area contributed by atoms with Gasteiger partial charge in [-0.25, -0.2) is 4.98 Å². The van der Waals surface area contributed by atoms with Crippen molar-refractivity contribution in [3.05, 3.63) is 23.9 Å². The molecule has 0 amide bonds. The summed E-state index contributed by atoms with van der Waals surface area (Å²) in [5, 5.41) is 0. The lowest BCUT2D eigenvalue weighted by atomic mass is 9.88. The van der Waals surface area contributed by atoms with Crippen molar-refractivity contribution in [3.63, 3.8) is 0 Å². The van der Waals surface area contributed by atoms with Crippen molar-refractivity contribution in [1.29, 1.82) is 0 Å². The van der Waals surface area contributed by atoms with Crippen LogP contribution in [0.1, 0.15) is 50.0 Å². The highest BCUT2D eigenvalue weighted by molar-refractivity contribution is 5.53. The normalized spacial score (nSPS) is 27.8. The molecule has 3 nitrogen and oxygen atoms in total. The summed E-state index contributed by atoms with van der Waals surface area (Å²) in [5.74, 6) is 1.72. The first kappa shape index (κ1) is 11.7. The van der Waals surface area contributed by atoms with Crippen LogP contribution in [0.25, 0.3) is 0 Å². The molecule has 1 aromatic rings. The van der Waals surface area contributed by atoms with Gasteiger partial charge in [0.25, 0.3) is 0 Å². The number of hydrogen-bond donors (Lipinski definition) is 0. The Bertz CT molecular complexity index is 403. The first-order valence-corrected chi connectivity index (χ1v) is 6.93. The second-order valence-electron chi connectivity index (χ2n) is 5.49. The number of pyridine rings is 1. The van der Waals surface area contributed by atoms with E-state index in [1.165, 1.54) is 18.4 Å². The van der Waals surface area contributed by atoms with Gasteiger partial charge in [0.05, 0.1) is 0 Å². The van der Waals surface area contributed by atoms with Crippen LogP contribution in [0.2, 0.25) is 0 Å². The molecule has 18 heavy (non-hydrogen) atoms. The second kappa shape index (κ2) is 5.09. The molecule has 2 aliphatic carbocycles. The molecule has 0 N–H and O–H groups in total. The topological polar surface area (TPSA) is 39.2 Å². The minimum atomic E-state index is 0.237. The molecule has 1 aromatic heterocycles. The van der Waals surface area contributed by atoms with Crippen molar-refractivity contribution >= 4 is 6.29 Å². The molecule has 0 atom stereocenters. The highest BCUT2D eigenvalue weighted by atomic mass is 16.5. The van der Waals surface area contributed by atoms with Gasteiger partial charge in [0.2, 0.25) is 5.88 Å². The molecule has 0 aromatic carbocycles. The van der Waals surface area contributed by atoms with E-state index in [1.807, 2.05) is 12.3 Å². The van der Waals surface area contributed by atoms with Crippen LogP contribution in [0.3, 0.4) is 0 Å². The largest absolute Gasteiger partial charge is 0.474 e. The van der Waals surface area contributed by atoms with Crippen molar-refractivity contribution in [2.75, 3.05) is 0 Å². The van der Waals surface area contributed by atoms with Gasteiger partial charge in [-0.2, -0.15) is 0 Å². The van der Waals surface area contributed by atoms with Crippen molar-refractivity contribution in [2.24, 2.45) is 5.92 Å². The van der Waals surface area contributed by atoms with Gasteiger partial charge in [-0.1, -0.05) is 6.07 Å². The maximum Gasteiger partial charge on any atom is 0.213 e. The SMILES string of the molecule is O=C[C@H]1CC[C@H](Oc2ccc(C3CC3)cn2)CC1. The van der Waals surface area contributed by atoms with Crippen molar-refractivity contribution < 1.29 is 9.53 Å². The molecule has 3 heteroatoms. The van der Waals surface area contributed by atoms with Crippen LogP contribution in [0.5, 0.6) is 5.88 Å². The van der Waals surface area contributed by atoms with Crippen LogP contribution >= 0.6 is 0 Å². The van der Waals surface area contributed by atoms with Crippen LogP contribution in [-0.2, 0) is 4.79 Å². The molecule has 2 fully saturated rings. The summed E-state index contributed by atoms with van der Waals surface area (Å²) < 4.78 is 5.88. The number of carbonyl (C=O) groups excluding carboxylic acids is 1. The van der Waals surface area contributed by atoms with E-state index >= 15 is 0 Å². The zero-order valence-corrected chi connectivity index (χ0v) is 10.5. The average molecular weight is 245 g/mol. The van der Waals surface area contributed by atoms with Crippen molar-refractivity contribution in [2.45, 2.75) is 50.5 Å². The lowest BCUT2D eigenvalue weighted by Crippen LogP contribution is -2.24. The van der Waals surface area contributed by atoms with Crippen molar-refractivity contribution in [1.82, 2.24) is 4.98 Å². The molecule has 0 radical (unpaired) electrons. The molecule has 0 unspecified atom stereocenters. The molecule has 96 valence electrons. The molecular formula is C15H19NO2. The highest BCUT2D eigenvalue weighted by Crippen LogP contribution is 2.40. The maximum absolute atomic E-state index is 10.7. The Morgan fingerprint density at radius 3 is 2.44 bits per heavy atom. The zero-order chi connectivity index (χ0) is 12.4. The predicted molar refractivity (Wildman–Crippen MR) is 68.7 cm³/mol. The summed E-state index contributed by atoms with van der Waals surface area (Å²) in [6.45, 7) is 0. The van der Waals surface area contributed by atoms with Crippen LogP contribution in [0.15, 0.2) is 18.3 Å². The zero-order valence-electron chi connectivity index (χ0n) is 10.5. The van der Waals surface area contributed by atoms with Gasteiger partial charge in [0, 0.05) is 18.2 Å². The number of aromatic nitrogens is 1. The number of aldehydes is 1. The fourth-order valence-corrected chi connectivity index (χ4v) is 2.63. The number of ether oxygens (including phenoxy) is 1. The van der Waals surface area contributed by atoms with Crippen LogP contribution in [0.4, 0.5) is 0 Å². The Kier molecular flexibility index (Phi) is 3.31. The Morgan fingerprint density at radius 2 is 1.89 bits per heavy atom. The minimum Gasteiger partial charge on any atom is -0.474 e. The maximum atomic E-state index is 10.7. The number of hydrogen-bond acceptors (Lipinski definition) is 3. The van der Waals surface area contributed by atoms with E-state index in [-0.39, 0.29) is 12.0 Å². The van der Waals surface area contributed by atoms with Gasteiger partial charge in [-0.05, 0) is 50.0 Å². The number of rotatable bonds is 4. The van der Waals surface area contributed by atoms with E-state index in [0.717, 1.165) is 43.8 Å². The van der Waals surface area contributed by atoms with Gasteiger partial charge < -0.3 is 9.53 Å². The fourth-order valence-electron chi connectivity index (χ4n) is 2.63. The molecular weight excluding hydrogens is 226 g/mol. The molecule has 1 heterocycles. The predicted octanol–water partition coefficient (Wildman–Crippen LogP) is 3.10. The number of nitrogens with zero attached hydrogens (tertiary/aromatic N) is 1. The second-order valence-corrected chi connectivity index (χ2v) is 5.49. The Hall–Kier alpha value is -1.38. The summed E-state index contributed by atoms with van der Waals surface area (Å²) >= 11 is 0.